The van der Waals surface area contributed by atoms with Gasteiger partial charge < -0.3 is 39.9 Å². The van der Waals surface area contributed by atoms with Crippen LogP contribution < -0.4 is 10.6 Å². The van der Waals surface area contributed by atoms with Crippen LogP contribution in [0.3, 0.4) is 0 Å². The van der Waals surface area contributed by atoms with Crippen molar-refractivity contribution in [3.05, 3.63) is 71.6 Å². The SMILES string of the molecule is COC(=O)N[C@H](C(=O)N1CCC[C@@H]1c1ncc(C#Cc2ccc(-c3ccc4nc([C@H]5CCCN5C(=O)[C@@H](NC(=O)OC)C(C)C)[nH]c4c3)cc2)[nH]1)C(C)C. The van der Waals surface area contributed by atoms with Gasteiger partial charge in [0.05, 0.1) is 43.5 Å². The Labute approximate surface area is 314 Å². The van der Waals surface area contributed by atoms with Crippen molar-refractivity contribution >= 4 is 35.0 Å². The largest absolute Gasteiger partial charge is 0.453 e. The van der Waals surface area contributed by atoms with Crippen molar-refractivity contribution in [3.63, 3.8) is 0 Å². The second kappa shape index (κ2) is 16.4. The topological polar surface area (TPSA) is 175 Å². The zero-order valence-corrected chi connectivity index (χ0v) is 31.6. The van der Waals surface area contributed by atoms with Crippen LogP contribution in [0.2, 0.25) is 0 Å². The van der Waals surface area contributed by atoms with E-state index in [0.717, 1.165) is 59.2 Å². The summed E-state index contributed by atoms with van der Waals surface area (Å²) in [7, 11) is 2.57. The third-order valence-electron chi connectivity index (χ3n) is 10.1. The third-order valence-corrected chi connectivity index (χ3v) is 10.1. The highest BCUT2D eigenvalue weighted by molar-refractivity contribution is 5.87. The van der Waals surface area contributed by atoms with E-state index in [1.165, 1.54) is 14.2 Å². The first-order valence-corrected chi connectivity index (χ1v) is 18.4. The highest BCUT2D eigenvalue weighted by Crippen LogP contribution is 2.34. The summed E-state index contributed by atoms with van der Waals surface area (Å²) in [6.07, 6.45) is 3.63. The van der Waals surface area contributed by atoms with E-state index in [2.05, 4.69) is 43.5 Å². The first-order chi connectivity index (χ1) is 26.0. The molecule has 2 aromatic heterocycles. The van der Waals surface area contributed by atoms with Gasteiger partial charge in [0, 0.05) is 18.7 Å². The van der Waals surface area contributed by atoms with Gasteiger partial charge in [-0.2, -0.15) is 0 Å². The first-order valence-electron chi connectivity index (χ1n) is 18.4. The monoisotopic (exact) mass is 736 g/mol. The van der Waals surface area contributed by atoms with E-state index in [1.54, 1.807) is 11.1 Å². The van der Waals surface area contributed by atoms with Crippen LogP contribution in [0.25, 0.3) is 22.2 Å². The fourth-order valence-corrected chi connectivity index (χ4v) is 7.21. The standard InChI is InChI=1S/C40H48N8O6/c1-23(2)33(45-39(51)53-5)37(49)47-19-7-9-31(47)35-41-22-28(42-35)17-13-25-11-14-26(15-12-25)27-16-18-29-30(21-27)44-36(43-29)32-10-8-20-48(32)38(50)34(24(3)4)46-40(52)54-6/h11-12,14-16,18,21-24,31-34H,7-10,19-20H2,1-6H3,(H,41,42)(H,43,44)(H,45,51)(H,46,52)/t31-,32-,33+,34+/m1/s1. The zero-order chi connectivity index (χ0) is 38.5. The molecule has 4 aromatic rings. The fraction of sp³-hybridized carbons (Fsp3) is 0.450. The molecule has 2 aromatic carbocycles. The van der Waals surface area contributed by atoms with Gasteiger partial charge >= 0.3 is 12.2 Å². The minimum atomic E-state index is -0.698. The molecule has 4 heterocycles. The Hall–Kier alpha value is -5.84. The van der Waals surface area contributed by atoms with Gasteiger partial charge in [0.25, 0.3) is 0 Å². The summed E-state index contributed by atoms with van der Waals surface area (Å²) in [5.41, 5.74) is 5.18. The number of rotatable bonds is 9. The summed E-state index contributed by atoms with van der Waals surface area (Å²) in [4.78, 5) is 70.6. The molecule has 2 aliphatic heterocycles. The van der Waals surface area contributed by atoms with Gasteiger partial charge in [-0.05, 0) is 78.8 Å². The molecule has 0 aliphatic carbocycles. The lowest BCUT2D eigenvalue weighted by atomic mass is 10.0. The van der Waals surface area contributed by atoms with Gasteiger partial charge in [-0.15, -0.1) is 0 Å². The fourth-order valence-electron chi connectivity index (χ4n) is 7.21. The summed E-state index contributed by atoms with van der Waals surface area (Å²) in [5.74, 6) is 7.23. The Morgan fingerprint density at radius 1 is 0.759 bits per heavy atom. The van der Waals surface area contributed by atoms with Gasteiger partial charge in [0.1, 0.15) is 29.4 Å². The van der Waals surface area contributed by atoms with E-state index in [9.17, 15) is 19.2 Å². The van der Waals surface area contributed by atoms with Crippen molar-refractivity contribution in [2.24, 2.45) is 11.8 Å². The summed E-state index contributed by atoms with van der Waals surface area (Å²) < 4.78 is 9.49. The molecule has 0 bridgehead atoms. The van der Waals surface area contributed by atoms with Gasteiger partial charge in [-0.25, -0.2) is 19.6 Å². The predicted octanol–water partition coefficient (Wildman–Crippen LogP) is 5.44. The Morgan fingerprint density at radius 3 is 1.87 bits per heavy atom. The van der Waals surface area contributed by atoms with Crippen LogP contribution in [0.1, 0.15) is 88.4 Å². The van der Waals surface area contributed by atoms with Crippen LogP contribution in [-0.2, 0) is 19.1 Å². The summed E-state index contributed by atoms with van der Waals surface area (Å²) in [6.45, 7) is 8.74. The van der Waals surface area contributed by atoms with Crippen molar-refractivity contribution in [2.75, 3.05) is 27.3 Å². The van der Waals surface area contributed by atoms with E-state index < -0.39 is 24.3 Å². The van der Waals surface area contributed by atoms with Crippen LogP contribution in [0.15, 0.2) is 48.7 Å². The number of ether oxygens (including phenoxy) is 2. The maximum atomic E-state index is 13.6. The van der Waals surface area contributed by atoms with Crippen molar-refractivity contribution in [1.29, 1.82) is 0 Å². The molecule has 4 atom stereocenters. The molecule has 54 heavy (non-hydrogen) atoms. The number of H-pyrrole nitrogens is 2. The van der Waals surface area contributed by atoms with Crippen molar-refractivity contribution < 1.29 is 28.7 Å². The number of aromatic amines is 2. The van der Waals surface area contributed by atoms with Crippen LogP contribution in [0, 0.1) is 23.7 Å². The van der Waals surface area contributed by atoms with Crippen LogP contribution >= 0.6 is 0 Å². The second-order valence-electron chi connectivity index (χ2n) is 14.5. The predicted molar refractivity (Wildman–Crippen MR) is 202 cm³/mol. The molecule has 0 radical (unpaired) electrons. The molecule has 0 unspecified atom stereocenters. The van der Waals surface area contributed by atoms with E-state index in [0.29, 0.717) is 24.6 Å². The molecule has 0 spiro atoms. The number of likely N-dealkylation sites (tertiary alicyclic amines) is 2. The highest BCUT2D eigenvalue weighted by Gasteiger charge is 2.39. The Bertz CT molecular complexity index is 2060. The molecule has 0 saturated carbocycles. The minimum absolute atomic E-state index is 0.110. The maximum Gasteiger partial charge on any atom is 0.407 e. The van der Waals surface area contributed by atoms with E-state index >= 15 is 0 Å². The molecule has 2 saturated heterocycles. The van der Waals surface area contributed by atoms with Gasteiger partial charge in [-0.1, -0.05) is 51.8 Å². The lowest BCUT2D eigenvalue weighted by Crippen LogP contribution is -2.51. The number of imidazole rings is 2. The second-order valence-corrected chi connectivity index (χ2v) is 14.5. The zero-order valence-electron chi connectivity index (χ0n) is 31.6. The molecule has 284 valence electrons. The van der Waals surface area contributed by atoms with Crippen LogP contribution in [0.5, 0.6) is 0 Å². The molecule has 2 fully saturated rings. The molecule has 4 amide bonds. The highest BCUT2D eigenvalue weighted by atomic mass is 16.5. The number of alkyl carbamates (subject to hydrolysis) is 2. The molecular weight excluding hydrogens is 688 g/mol. The van der Waals surface area contributed by atoms with E-state index in [1.807, 2.05) is 69.0 Å². The number of nitrogens with zero attached hydrogens (tertiary/aromatic N) is 4. The Balaban J connectivity index is 1.12. The number of nitrogens with one attached hydrogen (secondary N) is 4. The van der Waals surface area contributed by atoms with Crippen molar-refractivity contribution in [3.8, 4) is 23.0 Å². The number of aromatic nitrogens is 4. The maximum absolute atomic E-state index is 13.6. The smallest absolute Gasteiger partial charge is 0.407 e. The number of carbonyl (C=O) groups excluding carboxylic acids is 4. The first kappa shape index (κ1) is 37.9. The third kappa shape index (κ3) is 8.20. The number of hydrogen-bond donors (Lipinski definition) is 4. The Kier molecular flexibility index (Phi) is 11.5. The number of methoxy groups -OCH3 is 2. The lowest BCUT2D eigenvalue weighted by Gasteiger charge is -2.29. The normalized spacial score (nSPS) is 18.0. The van der Waals surface area contributed by atoms with Crippen LogP contribution in [0.4, 0.5) is 9.59 Å². The van der Waals surface area contributed by atoms with Crippen LogP contribution in [-0.4, -0.2) is 93.1 Å². The number of benzene rings is 2. The number of amides is 4. The molecule has 6 rings (SSSR count). The molecule has 14 nitrogen and oxygen atoms in total. The summed E-state index contributed by atoms with van der Waals surface area (Å²) >= 11 is 0. The number of carbonyl (C=O) groups is 4. The molecule has 14 heteroatoms. The van der Waals surface area contributed by atoms with E-state index in [4.69, 9.17) is 14.5 Å². The van der Waals surface area contributed by atoms with Gasteiger partial charge in [-0.3, -0.25) is 9.59 Å². The van der Waals surface area contributed by atoms with Gasteiger partial charge in [0.2, 0.25) is 11.8 Å². The lowest BCUT2D eigenvalue weighted by molar-refractivity contribution is -0.136. The molecule has 2 aliphatic rings. The molecule has 4 N–H and O–H groups in total. The molecular formula is C40H48N8O6. The average Bonchev–Trinajstić information content (AvgIpc) is 4.00. The average molecular weight is 737 g/mol. The van der Waals surface area contributed by atoms with Gasteiger partial charge in [0.15, 0.2) is 0 Å². The number of fused-ring (bicyclic) bond motifs is 1. The van der Waals surface area contributed by atoms with Crippen molar-refractivity contribution in [1.82, 2.24) is 40.4 Å². The Morgan fingerprint density at radius 2 is 1.31 bits per heavy atom. The van der Waals surface area contributed by atoms with Crippen molar-refractivity contribution in [2.45, 2.75) is 77.5 Å². The van der Waals surface area contributed by atoms with E-state index in [-0.39, 0.29) is 35.7 Å². The summed E-state index contributed by atoms with van der Waals surface area (Å²) in [6, 6.07) is 12.2. The quantitative estimate of drug-likeness (QED) is 0.164. The summed E-state index contributed by atoms with van der Waals surface area (Å²) in [5, 5.41) is 5.37. The number of hydrogen-bond acceptors (Lipinski definition) is 8. The minimum Gasteiger partial charge on any atom is -0.453 e.